The first-order valence-electron chi connectivity index (χ1n) is 11.4. The molecule has 4 aromatic rings. The highest BCUT2D eigenvalue weighted by molar-refractivity contribution is 5.99. The van der Waals surface area contributed by atoms with Gasteiger partial charge in [0, 0.05) is 18.7 Å². The van der Waals surface area contributed by atoms with Crippen LogP contribution in [0.1, 0.15) is 24.8 Å². The molecule has 6 rings (SSSR count). The van der Waals surface area contributed by atoms with E-state index in [1.54, 1.807) is 12.5 Å². The van der Waals surface area contributed by atoms with Gasteiger partial charge in [-0.05, 0) is 55.2 Å². The van der Waals surface area contributed by atoms with Crippen LogP contribution in [0, 0.1) is 0 Å². The maximum absolute atomic E-state index is 13.4. The molecule has 1 saturated heterocycles. The van der Waals surface area contributed by atoms with Crippen LogP contribution in [-0.2, 0) is 11.2 Å². The number of carbonyl (C=O) groups excluding carboxylic acids is 1. The van der Waals surface area contributed by atoms with Crippen molar-refractivity contribution in [1.82, 2.24) is 19.7 Å². The quantitative estimate of drug-likeness (QED) is 0.520. The van der Waals surface area contributed by atoms with Gasteiger partial charge >= 0.3 is 0 Å². The van der Waals surface area contributed by atoms with Crippen LogP contribution in [-0.4, -0.2) is 44.8 Å². The third-order valence-electron chi connectivity index (χ3n) is 6.38. The van der Waals surface area contributed by atoms with Gasteiger partial charge in [-0.3, -0.25) is 4.79 Å². The summed E-state index contributed by atoms with van der Waals surface area (Å²) < 4.78 is 7.39. The average Bonchev–Trinajstić information content (AvgIpc) is 3.51. The van der Waals surface area contributed by atoms with Crippen molar-refractivity contribution >= 4 is 28.4 Å². The minimum absolute atomic E-state index is 0.0178. The van der Waals surface area contributed by atoms with Crippen molar-refractivity contribution < 1.29 is 9.53 Å². The van der Waals surface area contributed by atoms with E-state index in [0.29, 0.717) is 6.61 Å². The number of hydrogen-bond donors (Lipinski definition) is 1. The minimum atomic E-state index is -0.304. The molecular weight excluding hydrogens is 416 g/mol. The summed E-state index contributed by atoms with van der Waals surface area (Å²) in [6.07, 6.45) is 7.02. The summed E-state index contributed by atoms with van der Waals surface area (Å²) in [5.41, 5.74) is 3.61. The lowest BCUT2D eigenvalue weighted by Crippen LogP contribution is -2.47. The SMILES string of the molecule is O=C(Nc1ccc2c(c1)CCO2)[C@H]1CCCCN1c1ncnc2c1cnn2-c1ccccc1. The first-order valence-corrected chi connectivity index (χ1v) is 11.4. The molecule has 1 amide bonds. The molecule has 8 heteroatoms. The average molecular weight is 441 g/mol. The molecule has 0 aliphatic carbocycles. The third-order valence-corrected chi connectivity index (χ3v) is 6.38. The lowest BCUT2D eigenvalue weighted by atomic mass is 10.0. The number of amides is 1. The van der Waals surface area contributed by atoms with Crippen LogP contribution in [0.2, 0.25) is 0 Å². The van der Waals surface area contributed by atoms with Crippen LogP contribution >= 0.6 is 0 Å². The highest BCUT2D eigenvalue weighted by atomic mass is 16.5. The van der Waals surface area contributed by atoms with E-state index in [-0.39, 0.29) is 11.9 Å². The first-order chi connectivity index (χ1) is 16.3. The molecule has 2 aliphatic rings. The number of hydrogen-bond acceptors (Lipinski definition) is 6. The number of para-hydroxylation sites is 1. The van der Waals surface area contributed by atoms with Crippen molar-refractivity contribution in [3.63, 3.8) is 0 Å². The Kier molecular flexibility index (Phi) is 4.90. The topological polar surface area (TPSA) is 85.2 Å². The zero-order chi connectivity index (χ0) is 22.2. The van der Waals surface area contributed by atoms with Gasteiger partial charge < -0.3 is 15.0 Å². The van der Waals surface area contributed by atoms with Crippen LogP contribution in [0.5, 0.6) is 5.75 Å². The minimum Gasteiger partial charge on any atom is -0.493 e. The maximum Gasteiger partial charge on any atom is 0.247 e. The second-order valence-electron chi connectivity index (χ2n) is 8.44. The summed E-state index contributed by atoms with van der Waals surface area (Å²) in [4.78, 5) is 24.6. The zero-order valence-electron chi connectivity index (χ0n) is 18.1. The number of anilines is 2. The van der Waals surface area contributed by atoms with E-state index in [1.807, 2.05) is 53.2 Å². The smallest absolute Gasteiger partial charge is 0.247 e. The van der Waals surface area contributed by atoms with Gasteiger partial charge in [-0.25, -0.2) is 14.6 Å². The molecule has 33 heavy (non-hydrogen) atoms. The molecule has 166 valence electrons. The summed E-state index contributed by atoms with van der Waals surface area (Å²) in [5, 5.41) is 8.53. The largest absolute Gasteiger partial charge is 0.493 e. The van der Waals surface area contributed by atoms with Crippen molar-refractivity contribution in [3.8, 4) is 11.4 Å². The van der Waals surface area contributed by atoms with E-state index in [1.165, 1.54) is 0 Å². The molecule has 8 nitrogen and oxygen atoms in total. The number of piperidine rings is 1. The van der Waals surface area contributed by atoms with Crippen LogP contribution in [0.15, 0.2) is 61.1 Å². The number of rotatable bonds is 4. The molecular formula is C25H24N6O2. The second kappa shape index (κ2) is 8.20. The molecule has 4 heterocycles. The molecule has 0 bridgehead atoms. The molecule has 1 N–H and O–H groups in total. The fourth-order valence-corrected chi connectivity index (χ4v) is 4.77. The van der Waals surface area contributed by atoms with Gasteiger partial charge in [0.05, 0.1) is 23.9 Å². The Labute approximate surface area is 191 Å². The molecule has 2 aromatic carbocycles. The highest BCUT2D eigenvalue weighted by Gasteiger charge is 2.31. The number of benzene rings is 2. The summed E-state index contributed by atoms with van der Waals surface area (Å²) in [6.45, 7) is 1.46. The van der Waals surface area contributed by atoms with Crippen LogP contribution in [0.4, 0.5) is 11.5 Å². The number of fused-ring (bicyclic) bond motifs is 2. The first kappa shape index (κ1) is 19.7. The lowest BCUT2D eigenvalue weighted by Gasteiger charge is -2.35. The van der Waals surface area contributed by atoms with Crippen molar-refractivity contribution in [2.24, 2.45) is 0 Å². The number of nitrogens with one attached hydrogen (secondary N) is 1. The molecule has 1 fully saturated rings. The standard InChI is InChI=1S/C25H24N6O2/c32-25(29-18-9-10-22-17(14-18)11-13-33-22)21-8-4-5-12-30(21)23-20-15-28-31(24(20)27-16-26-23)19-6-2-1-3-7-19/h1-3,6-7,9-10,14-16,21H,4-5,8,11-13H2,(H,29,32)/t21-/m1/s1. The van der Waals surface area contributed by atoms with Gasteiger partial charge in [0.1, 0.15) is 23.9 Å². The number of aromatic nitrogens is 4. The maximum atomic E-state index is 13.4. The fraction of sp³-hybridized carbons (Fsp3) is 0.280. The van der Waals surface area contributed by atoms with Crippen molar-refractivity contribution in [3.05, 3.63) is 66.6 Å². The monoisotopic (exact) mass is 440 g/mol. The van der Waals surface area contributed by atoms with Crippen molar-refractivity contribution in [2.45, 2.75) is 31.7 Å². The summed E-state index contributed by atoms with van der Waals surface area (Å²) >= 11 is 0. The second-order valence-corrected chi connectivity index (χ2v) is 8.44. The van der Waals surface area contributed by atoms with Crippen molar-refractivity contribution in [1.29, 1.82) is 0 Å². The van der Waals surface area contributed by atoms with E-state index in [2.05, 4.69) is 25.3 Å². The Hall–Kier alpha value is -3.94. The van der Waals surface area contributed by atoms with Gasteiger partial charge in [-0.15, -0.1) is 0 Å². The molecule has 0 unspecified atom stereocenters. The number of ether oxygens (including phenoxy) is 1. The molecule has 1 atom stereocenters. The Balaban J connectivity index is 1.31. The summed E-state index contributed by atoms with van der Waals surface area (Å²) in [6, 6.07) is 15.5. The van der Waals surface area contributed by atoms with E-state index < -0.39 is 0 Å². The van der Waals surface area contributed by atoms with E-state index in [4.69, 9.17) is 4.74 Å². The Morgan fingerprint density at radius 3 is 2.91 bits per heavy atom. The van der Waals surface area contributed by atoms with Crippen molar-refractivity contribution in [2.75, 3.05) is 23.4 Å². The molecule has 2 aromatic heterocycles. The predicted molar refractivity (Wildman–Crippen MR) is 126 cm³/mol. The normalized spacial score (nSPS) is 17.6. The Morgan fingerprint density at radius 1 is 1.09 bits per heavy atom. The third kappa shape index (κ3) is 3.57. The zero-order valence-corrected chi connectivity index (χ0v) is 18.1. The van der Waals surface area contributed by atoms with Gasteiger partial charge in [0.2, 0.25) is 5.91 Å². The predicted octanol–water partition coefficient (Wildman–Crippen LogP) is 3.75. The van der Waals surface area contributed by atoms with Crippen LogP contribution in [0.25, 0.3) is 16.7 Å². The number of nitrogens with zero attached hydrogens (tertiary/aromatic N) is 5. The molecule has 0 radical (unpaired) electrons. The van der Waals surface area contributed by atoms with Gasteiger partial charge in [-0.2, -0.15) is 5.10 Å². The van der Waals surface area contributed by atoms with Gasteiger partial charge in [0.25, 0.3) is 0 Å². The Bertz CT molecular complexity index is 1320. The fourth-order valence-electron chi connectivity index (χ4n) is 4.77. The molecule has 2 aliphatic heterocycles. The van der Waals surface area contributed by atoms with E-state index >= 15 is 0 Å². The molecule has 0 spiro atoms. The van der Waals surface area contributed by atoms with Gasteiger partial charge in [0.15, 0.2) is 5.65 Å². The summed E-state index contributed by atoms with van der Waals surface area (Å²) in [5.74, 6) is 1.64. The highest BCUT2D eigenvalue weighted by Crippen LogP contribution is 2.31. The van der Waals surface area contributed by atoms with Gasteiger partial charge in [-0.1, -0.05) is 18.2 Å². The van der Waals surface area contributed by atoms with Crippen LogP contribution < -0.4 is 15.0 Å². The van der Waals surface area contributed by atoms with E-state index in [0.717, 1.165) is 71.8 Å². The number of carbonyl (C=O) groups is 1. The van der Waals surface area contributed by atoms with E-state index in [9.17, 15) is 4.79 Å². The summed E-state index contributed by atoms with van der Waals surface area (Å²) in [7, 11) is 0. The Morgan fingerprint density at radius 2 is 2.00 bits per heavy atom. The molecule has 0 saturated carbocycles. The van der Waals surface area contributed by atoms with Crippen LogP contribution in [0.3, 0.4) is 0 Å². The lowest BCUT2D eigenvalue weighted by molar-refractivity contribution is -0.117.